The first-order valence-corrected chi connectivity index (χ1v) is 1.95. The van der Waals surface area contributed by atoms with Gasteiger partial charge in [0.15, 0.2) is 0 Å². The van der Waals surface area contributed by atoms with Gasteiger partial charge in [-0.05, 0) is 6.92 Å². The third-order valence-corrected chi connectivity index (χ3v) is 0.527. The van der Waals surface area contributed by atoms with Gasteiger partial charge in [-0.2, -0.15) is 0 Å². The molecule has 0 aromatic rings. The van der Waals surface area contributed by atoms with Gasteiger partial charge in [-0.25, -0.2) is 0 Å². The van der Waals surface area contributed by atoms with Crippen LogP contribution in [-0.2, 0) is 4.79 Å². The number of carboxylic acids is 1. The standard InChI is InChI=1S/C3H5ClO2.K.H/c1-2(4)3(5)6;;/h2H,1H3,(H,5,6);;/t2-;;/m1../s1. The van der Waals surface area contributed by atoms with Crippen molar-refractivity contribution in [1.29, 1.82) is 0 Å². The summed E-state index contributed by atoms with van der Waals surface area (Å²) in [6, 6.07) is 0. The molecule has 4 heteroatoms. The van der Waals surface area contributed by atoms with Gasteiger partial charge in [0.25, 0.3) is 0 Å². The van der Waals surface area contributed by atoms with Crippen LogP contribution in [0.2, 0.25) is 0 Å². The summed E-state index contributed by atoms with van der Waals surface area (Å²) in [5.74, 6) is -0.975. The number of alkyl halides is 1. The van der Waals surface area contributed by atoms with Gasteiger partial charge >= 0.3 is 57.4 Å². The number of carboxylic acid groups (broad SMARTS) is 1. The molecule has 1 atom stereocenters. The summed E-state index contributed by atoms with van der Waals surface area (Å²) >= 11 is 5.01. The van der Waals surface area contributed by atoms with E-state index in [4.69, 9.17) is 16.7 Å². The number of rotatable bonds is 1. The first kappa shape index (κ1) is 11.2. The van der Waals surface area contributed by atoms with Gasteiger partial charge in [0.05, 0.1) is 0 Å². The van der Waals surface area contributed by atoms with Crippen LogP contribution in [0.3, 0.4) is 0 Å². The molecule has 0 saturated carbocycles. The number of aliphatic carboxylic acids is 1. The van der Waals surface area contributed by atoms with Crippen molar-refractivity contribution in [2.45, 2.75) is 12.3 Å². The topological polar surface area (TPSA) is 37.3 Å². The third-order valence-electron chi connectivity index (χ3n) is 0.340. The summed E-state index contributed by atoms with van der Waals surface area (Å²) < 4.78 is 0. The second-order valence-electron chi connectivity index (χ2n) is 0.954. The molecule has 0 heterocycles. The molecule has 2 nitrogen and oxygen atoms in total. The third kappa shape index (κ3) is 7.40. The molecule has 0 bridgehead atoms. The Morgan fingerprint density at radius 3 is 2.00 bits per heavy atom. The van der Waals surface area contributed by atoms with Gasteiger partial charge < -0.3 is 5.11 Å². The molecule has 0 radical (unpaired) electrons. The quantitative estimate of drug-likeness (QED) is 0.422. The van der Waals surface area contributed by atoms with Crippen LogP contribution in [0.1, 0.15) is 6.92 Å². The Kier molecular flexibility index (Phi) is 8.87. The van der Waals surface area contributed by atoms with Crippen LogP contribution in [-0.4, -0.2) is 67.8 Å². The van der Waals surface area contributed by atoms with E-state index in [1.165, 1.54) is 6.92 Å². The molecule has 0 fully saturated rings. The molecule has 0 rings (SSSR count). The van der Waals surface area contributed by atoms with Gasteiger partial charge in [0.2, 0.25) is 0 Å². The Hall–Kier alpha value is 1.40. The predicted molar refractivity (Wildman–Crippen MR) is 30.1 cm³/mol. The van der Waals surface area contributed by atoms with E-state index >= 15 is 0 Å². The fraction of sp³-hybridized carbons (Fsp3) is 0.667. The van der Waals surface area contributed by atoms with Crippen molar-refractivity contribution in [3.05, 3.63) is 0 Å². The van der Waals surface area contributed by atoms with Gasteiger partial charge in [0.1, 0.15) is 5.38 Å². The number of halogens is 1. The first-order valence-electron chi connectivity index (χ1n) is 1.51. The summed E-state index contributed by atoms with van der Waals surface area (Å²) in [6.45, 7) is 1.41. The van der Waals surface area contributed by atoms with Crippen molar-refractivity contribution in [3.8, 4) is 0 Å². The Bertz CT molecular complexity index is 64.0. The molecule has 0 aliphatic rings. The molecule has 0 unspecified atom stereocenters. The van der Waals surface area contributed by atoms with Gasteiger partial charge in [-0.3, -0.25) is 4.79 Å². The molecule has 7 heavy (non-hydrogen) atoms. The van der Waals surface area contributed by atoms with Crippen LogP contribution in [0.4, 0.5) is 0 Å². The molecule has 38 valence electrons. The van der Waals surface area contributed by atoms with Gasteiger partial charge in [-0.1, -0.05) is 0 Å². The van der Waals surface area contributed by atoms with E-state index in [1.54, 1.807) is 0 Å². The Morgan fingerprint density at radius 1 is 1.86 bits per heavy atom. The van der Waals surface area contributed by atoms with E-state index < -0.39 is 11.3 Å². The van der Waals surface area contributed by atoms with Gasteiger partial charge in [0, 0.05) is 0 Å². The molecule has 0 aromatic carbocycles. The monoisotopic (exact) mass is 148 g/mol. The van der Waals surface area contributed by atoms with Crippen molar-refractivity contribution in [1.82, 2.24) is 0 Å². The minimum atomic E-state index is -0.975. The zero-order valence-electron chi connectivity index (χ0n) is 3.31. The molecule has 1 N–H and O–H groups in total. The first-order chi connectivity index (χ1) is 2.64. The Morgan fingerprint density at radius 2 is 2.00 bits per heavy atom. The van der Waals surface area contributed by atoms with E-state index in [0.717, 1.165) is 0 Å². The fourth-order valence-electron chi connectivity index (χ4n) is 0. The normalized spacial score (nSPS) is 11.7. The maximum atomic E-state index is 9.57. The average molecular weight is 149 g/mol. The minimum absolute atomic E-state index is 0. The molecule has 0 amide bonds. The summed E-state index contributed by atoms with van der Waals surface area (Å²) in [7, 11) is 0. The zero-order chi connectivity index (χ0) is 5.15. The van der Waals surface area contributed by atoms with E-state index in [9.17, 15) is 4.79 Å². The fourth-order valence-corrected chi connectivity index (χ4v) is 0. The van der Waals surface area contributed by atoms with Crippen LogP contribution < -0.4 is 0 Å². The number of carbonyl (C=O) groups is 1. The summed E-state index contributed by atoms with van der Waals surface area (Å²) in [4.78, 5) is 9.57. The second-order valence-corrected chi connectivity index (χ2v) is 1.61. The van der Waals surface area contributed by atoms with Crippen LogP contribution in [0.5, 0.6) is 0 Å². The van der Waals surface area contributed by atoms with Crippen LogP contribution in [0.15, 0.2) is 0 Å². The maximum absolute atomic E-state index is 9.57. The molecule has 0 aliphatic heterocycles. The van der Waals surface area contributed by atoms with Crippen LogP contribution in [0.25, 0.3) is 0 Å². The Labute approximate surface area is 89.7 Å². The molecular weight excluding hydrogens is 143 g/mol. The van der Waals surface area contributed by atoms with Crippen molar-refractivity contribution in [2.75, 3.05) is 0 Å². The predicted octanol–water partition coefficient (Wildman–Crippen LogP) is 0.0498. The number of hydrogen-bond donors (Lipinski definition) is 1. The van der Waals surface area contributed by atoms with E-state index in [0.29, 0.717) is 0 Å². The van der Waals surface area contributed by atoms with Crippen LogP contribution in [0, 0.1) is 0 Å². The molecule has 0 aliphatic carbocycles. The molecule has 0 saturated heterocycles. The average Bonchev–Trinajstić information content (AvgIpc) is 1.36. The van der Waals surface area contributed by atoms with Crippen LogP contribution >= 0.6 is 11.6 Å². The van der Waals surface area contributed by atoms with Crippen molar-refractivity contribution in [2.24, 2.45) is 0 Å². The number of hydrogen-bond acceptors (Lipinski definition) is 1. The summed E-state index contributed by atoms with van der Waals surface area (Å²) in [6.07, 6.45) is 0. The second kappa shape index (κ2) is 5.53. The van der Waals surface area contributed by atoms with E-state index in [1.807, 2.05) is 0 Å². The zero-order valence-corrected chi connectivity index (χ0v) is 4.07. The van der Waals surface area contributed by atoms with E-state index in [-0.39, 0.29) is 51.4 Å². The summed E-state index contributed by atoms with van der Waals surface area (Å²) in [5, 5.41) is 7.10. The Balaban J connectivity index is 0. The molecule has 0 aromatic heterocycles. The summed E-state index contributed by atoms with van der Waals surface area (Å²) in [5.41, 5.74) is 0. The van der Waals surface area contributed by atoms with Crippen molar-refractivity contribution < 1.29 is 9.90 Å². The molecular formula is C3H6ClKO2. The SMILES string of the molecule is C[C@@H](Cl)C(=O)O.[KH]. The van der Waals surface area contributed by atoms with Crippen molar-refractivity contribution in [3.63, 3.8) is 0 Å². The van der Waals surface area contributed by atoms with Crippen molar-refractivity contribution >= 4 is 69.0 Å². The van der Waals surface area contributed by atoms with E-state index in [2.05, 4.69) is 0 Å². The molecule has 0 spiro atoms. The van der Waals surface area contributed by atoms with Gasteiger partial charge in [-0.15, -0.1) is 11.6 Å².